The number of esters is 1. The summed E-state index contributed by atoms with van der Waals surface area (Å²) in [6.45, 7) is 2.66. The molecule has 0 N–H and O–H groups in total. The maximum Gasteiger partial charge on any atom is 0.329 e. The number of nitrogens with zero attached hydrogens (tertiary/aromatic N) is 1. The Labute approximate surface area is 205 Å². The molecule has 0 aliphatic rings. The van der Waals surface area contributed by atoms with Crippen LogP contribution in [0.1, 0.15) is 24.5 Å². The normalized spacial score (nSPS) is 11.5. The first-order valence-corrected chi connectivity index (χ1v) is 11.5. The predicted molar refractivity (Wildman–Crippen MR) is 131 cm³/mol. The summed E-state index contributed by atoms with van der Waals surface area (Å²) in [4.78, 5) is 27.6. The van der Waals surface area contributed by atoms with E-state index in [9.17, 15) is 14.0 Å². The van der Waals surface area contributed by atoms with Gasteiger partial charge in [-0.2, -0.15) is 0 Å². The third-order valence-corrected chi connectivity index (χ3v) is 5.46. The molecule has 0 saturated carbocycles. The minimum absolute atomic E-state index is 0.125. The third-order valence-electron chi connectivity index (χ3n) is 5.46. The van der Waals surface area contributed by atoms with Crippen LogP contribution >= 0.6 is 0 Å². The molecule has 35 heavy (non-hydrogen) atoms. The van der Waals surface area contributed by atoms with Gasteiger partial charge in [-0.05, 0) is 54.4 Å². The Morgan fingerprint density at radius 1 is 0.886 bits per heavy atom. The summed E-state index contributed by atoms with van der Waals surface area (Å²) >= 11 is 0. The molecule has 0 bridgehead atoms. The van der Waals surface area contributed by atoms with Gasteiger partial charge in [0, 0.05) is 26.7 Å². The molecule has 0 saturated heterocycles. The highest BCUT2D eigenvalue weighted by Gasteiger charge is 2.30. The van der Waals surface area contributed by atoms with Crippen LogP contribution in [0.4, 0.5) is 4.39 Å². The molecule has 0 radical (unpaired) electrons. The van der Waals surface area contributed by atoms with E-state index < -0.39 is 12.0 Å². The highest BCUT2D eigenvalue weighted by molar-refractivity contribution is 5.85. The highest BCUT2D eigenvalue weighted by atomic mass is 19.1. The minimum atomic E-state index is -0.739. The van der Waals surface area contributed by atoms with Crippen LogP contribution in [0, 0.1) is 5.82 Å². The maximum absolute atomic E-state index is 13.1. The summed E-state index contributed by atoms with van der Waals surface area (Å²) < 4.78 is 29.5. The Kier molecular flexibility index (Phi) is 9.80. The number of rotatable bonds is 12. The molecule has 6 nitrogen and oxygen atoms in total. The molecule has 1 amide bonds. The van der Waals surface area contributed by atoms with Crippen LogP contribution in [0.3, 0.4) is 0 Å². The molecule has 0 heterocycles. The average Bonchev–Trinajstić information content (AvgIpc) is 2.88. The van der Waals surface area contributed by atoms with Crippen LogP contribution in [-0.2, 0) is 32.1 Å². The zero-order chi connectivity index (χ0) is 25.0. The Morgan fingerprint density at radius 3 is 2.11 bits per heavy atom. The molecule has 3 aromatic carbocycles. The third kappa shape index (κ3) is 7.93. The molecular weight excluding hydrogens is 449 g/mol. The van der Waals surface area contributed by atoms with Gasteiger partial charge in [0.25, 0.3) is 0 Å². The van der Waals surface area contributed by atoms with Crippen molar-refractivity contribution in [3.63, 3.8) is 0 Å². The molecule has 7 heteroatoms. The molecule has 3 aromatic rings. The first kappa shape index (κ1) is 25.9. The summed E-state index contributed by atoms with van der Waals surface area (Å²) in [5, 5.41) is 0. The van der Waals surface area contributed by atoms with Gasteiger partial charge in [0.1, 0.15) is 30.0 Å². The van der Waals surface area contributed by atoms with E-state index >= 15 is 0 Å². The molecule has 184 valence electrons. The number of benzene rings is 3. The summed E-state index contributed by atoms with van der Waals surface area (Å²) in [6, 6.07) is 21.5. The van der Waals surface area contributed by atoms with Gasteiger partial charge >= 0.3 is 5.97 Å². The number of hydrogen-bond donors (Lipinski definition) is 0. The van der Waals surface area contributed by atoms with Crippen molar-refractivity contribution in [2.45, 2.75) is 32.4 Å². The van der Waals surface area contributed by atoms with Crippen LogP contribution in [0.25, 0.3) is 0 Å². The molecular formula is C28H30FNO5. The van der Waals surface area contributed by atoms with Crippen molar-refractivity contribution in [2.24, 2.45) is 0 Å². The Hall–Kier alpha value is -3.71. The number of ether oxygens (including phenoxy) is 3. The van der Waals surface area contributed by atoms with Crippen molar-refractivity contribution < 1.29 is 28.2 Å². The second-order valence-electron chi connectivity index (χ2n) is 7.95. The number of carbonyl (C=O) groups excluding carboxylic acids is 2. The molecule has 3 rings (SSSR count). The lowest BCUT2D eigenvalue weighted by molar-refractivity contribution is -0.157. The van der Waals surface area contributed by atoms with E-state index in [2.05, 4.69) is 0 Å². The van der Waals surface area contributed by atoms with Gasteiger partial charge in [0.15, 0.2) is 0 Å². The molecule has 0 fully saturated rings. The molecule has 0 aromatic heterocycles. The van der Waals surface area contributed by atoms with E-state index in [1.54, 1.807) is 43.5 Å². The Bertz CT molecular complexity index is 1070. The van der Waals surface area contributed by atoms with Crippen molar-refractivity contribution in [1.29, 1.82) is 0 Å². The smallest absolute Gasteiger partial charge is 0.329 e. The quantitative estimate of drug-likeness (QED) is 0.336. The minimum Gasteiger partial charge on any atom is -0.459 e. The molecule has 0 spiro atoms. The van der Waals surface area contributed by atoms with Crippen LogP contribution in [0.2, 0.25) is 0 Å². The predicted octanol–water partition coefficient (Wildman–Crippen LogP) is 5.16. The second kappa shape index (κ2) is 13.2. The number of methoxy groups -OCH3 is 1. The van der Waals surface area contributed by atoms with Crippen molar-refractivity contribution in [3.05, 3.63) is 95.8 Å². The summed E-state index contributed by atoms with van der Waals surface area (Å²) in [7, 11) is 1.56. The lowest BCUT2D eigenvalue weighted by Gasteiger charge is -2.29. The van der Waals surface area contributed by atoms with Gasteiger partial charge in [-0.25, -0.2) is 9.18 Å². The van der Waals surface area contributed by atoms with Crippen molar-refractivity contribution in [2.75, 3.05) is 20.3 Å². The molecule has 0 aliphatic carbocycles. The first-order valence-electron chi connectivity index (χ1n) is 11.5. The zero-order valence-electron chi connectivity index (χ0n) is 20.0. The van der Waals surface area contributed by atoms with Gasteiger partial charge in [-0.15, -0.1) is 0 Å². The standard InChI is InChI=1S/C28H30FNO5/c1-3-30(26(17-18-33-2)28(32)34-20-22-7-5-4-6-8-22)27(31)19-21-9-13-24(14-10-21)35-25-15-11-23(29)12-16-25/h4-16,26H,3,17-20H2,1-2H3. The van der Waals surface area contributed by atoms with E-state index in [4.69, 9.17) is 14.2 Å². The average molecular weight is 480 g/mol. The SMILES string of the molecule is CCN(C(=O)Cc1ccc(Oc2ccc(F)cc2)cc1)C(CCOC)C(=O)OCc1ccccc1. The number of halogens is 1. The van der Waals surface area contributed by atoms with E-state index in [1.807, 2.05) is 37.3 Å². The fraction of sp³-hybridized carbons (Fsp3) is 0.286. The lowest BCUT2D eigenvalue weighted by Crippen LogP contribution is -2.47. The topological polar surface area (TPSA) is 65.1 Å². The van der Waals surface area contributed by atoms with E-state index in [0.717, 1.165) is 11.1 Å². The largest absolute Gasteiger partial charge is 0.459 e. The van der Waals surface area contributed by atoms with Crippen molar-refractivity contribution in [3.8, 4) is 11.5 Å². The fourth-order valence-electron chi connectivity index (χ4n) is 3.62. The zero-order valence-corrected chi connectivity index (χ0v) is 20.0. The van der Waals surface area contributed by atoms with Gasteiger partial charge in [-0.1, -0.05) is 42.5 Å². The van der Waals surface area contributed by atoms with Gasteiger partial charge in [-0.3, -0.25) is 4.79 Å². The number of likely N-dealkylation sites (N-methyl/N-ethyl adjacent to an activating group) is 1. The number of amides is 1. The summed E-state index contributed by atoms with van der Waals surface area (Å²) in [5.41, 5.74) is 1.66. The van der Waals surface area contributed by atoms with Gasteiger partial charge in [0.2, 0.25) is 5.91 Å². The molecule has 0 aliphatic heterocycles. The molecule has 1 unspecified atom stereocenters. The van der Waals surface area contributed by atoms with E-state index in [0.29, 0.717) is 31.1 Å². The van der Waals surface area contributed by atoms with Crippen molar-refractivity contribution >= 4 is 11.9 Å². The van der Waals surface area contributed by atoms with Crippen LogP contribution in [0.5, 0.6) is 11.5 Å². The monoisotopic (exact) mass is 479 g/mol. The summed E-state index contributed by atoms with van der Waals surface area (Å²) in [6.07, 6.45) is 0.467. The number of carbonyl (C=O) groups is 2. The highest BCUT2D eigenvalue weighted by Crippen LogP contribution is 2.22. The van der Waals surface area contributed by atoms with E-state index in [-0.39, 0.29) is 24.8 Å². The maximum atomic E-state index is 13.1. The molecule has 1 atom stereocenters. The van der Waals surface area contributed by atoms with E-state index in [1.165, 1.54) is 17.0 Å². The number of hydrogen-bond acceptors (Lipinski definition) is 5. The van der Waals surface area contributed by atoms with Crippen LogP contribution in [-0.4, -0.2) is 43.1 Å². The van der Waals surface area contributed by atoms with Gasteiger partial charge < -0.3 is 19.1 Å². The lowest BCUT2D eigenvalue weighted by atomic mass is 10.1. The summed E-state index contributed by atoms with van der Waals surface area (Å²) in [5.74, 6) is 0.117. The van der Waals surface area contributed by atoms with Crippen LogP contribution in [0.15, 0.2) is 78.9 Å². The second-order valence-corrected chi connectivity index (χ2v) is 7.95. The van der Waals surface area contributed by atoms with Crippen LogP contribution < -0.4 is 4.74 Å². The first-order chi connectivity index (χ1) is 17.0. The fourth-order valence-corrected chi connectivity index (χ4v) is 3.62. The van der Waals surface area contributed by atoms with Gasteiger partial charge in [0.05, 0.1) is 6.42 Å². The van der Waals surface area contributed by atoms with Crippen molar-refractivity contribution in [1.82, 2.24) is 4.90 Å². The Balaban J connectivity index is 1.63. The Morgan fingerprint density at radius 2 is 1.51 bits per heavy atom.